The van der Waals surface area contributed by atoms with Gasteiger partial charge in [0.05, 0.1) is 30.6 Å². The fourth-order valence-electron chi connectivity index (χ4n) is 3.60. The predicted octanol–water partition coefficient (Wildman–Crippen LogP) is 2.31. The molecule has 2 heterocycles. The predicted molar refractivity (Wildman–Crippen MR) is 131 cm³/mol. The van der Waals surface area contributed by atoms with Crippen LogP contribution in [0.1, 0.15) is 29.7 Å². The second kappa shape index (κ2) is 12.6. The Kier molecular flexibility index (Phi) is 9.83. The van der Waals surface area contributed by atoms with Gasteiger partial charge in [0.2, 0.25) is 0 Å². The van der Waals surface area contributed by atoms with Crippen LogP contribution in [0.2, 0.25) is 0 Å². The molecule has 0 aliphatic carbocycles. The standard InChI is InChI=1S/C19H22N4.C6H8O7/c1-4-11-23-14-17(15(2)21-23)13-22(3)12-16-7-5-9-19-18(16)8-6-10-20-19;7-3(8)1-6(13,5(11)12)2-4(9)10/h4-10,14H,1,11-13H2,2-3H3;13H,1-2H2,(H,7,8)(H,9,10)(H,11,12). The topological polar surface area (TPSA) is 166 Å². The molecular weight excluding hydrogens is 468 g/mol. The van der Waals surface area contributed by atoms with E-state index in [2.05, 4.69) is 66.0 Å². The van der Waals surface area contributed by atoms with Gasteiger partial charge in [-0.3, -0.25) is 24.2 Å². The first-order valence-electron chi connectivity index (χ1n) is 11.0. The molecule has 1 aromatic carbocycles. The van der Waals surface area contributed by atoms with Gasteiger partial charge in [-0.15, -0.1) is 6.58 Å². The molecule has 0 fully saturated rings. The molecule has 0 bridgehead atoms. The summed E-state index contributed by atoms with van der Waals surface area (Å²) in [4.78, 5) is 37.2. The number of carbonyl (C=O) groups is 3. The van der Waals surface area contributed by atoms with Crippen LogP contribution >= 0.6 is 0 Å². The van der Waals surface area contributed by atoms with Gasteiger partial charge in [-0.05, 0) is 31.7 Å². The molecule has 3 rings (SSSR count). The minimum atomic E-state index is -2.74. The van der Waals surface area contributed by atoms with Crippen molar-refractivity contribution >= 4 is 28.8 Å². The lowest BCUT2D eigenvalue weighted by Gasteiger charge is -2.18. The van der Waals surface area contributed by atoms with E-state index in [1.54, 1.807) is 0 Å². The number of aromatic nitrogens is 3. The Morgan fingerprint density at radius 2 is 1.69 bits per heavy atom. The summed E-state index contributed by atoms with van der Waals surface area (Å²) in [6, 6.07) is 10.4. The normalized spacial score (nSPS) is 11.1. The number of aryl methyl sites for hydroxylation is 1. The van der Waals surface area contributed by atoms with Crippen LogP contribution in [0.3, 0.4) is 0 Å². The Labute approximate surface area is 207 Å². The number of hydrogen-bond acceptors (Lipinski definition) is 7. The van der Waals surface area contributed by atoms with Gasteiger partial charge in [0, 0.05) is 36.4 Å². The highest BCUT2D eigenvalue weighted by atomic mass is 16.4. The molecule has 0 saturated heterocycles. The summed E-state index contributed by atoms with van der Waals surface area (Å²) in [7, 11) is 2.14. The number of aliphatic carboxylic acids is 3. The monoisotopic (exact) mass is 498 g/mol. The van der Waals surface area contributed by atoms with Crippen molar-refractivity contribution in [1.29, 1.82) is 0 Å². The number of pyridine rings is 1. The van der Waals surface area contributed by atoms with E-state index in [1.807, 2.05) is 23.0 Å². The fourth-order valence-corrected chi connectivity index (χ4v) is 3.60. The molecule has 0 unspecified atom stereocenters. The van der Waals surface area contributed by atoms with E-state index < -0.39 is 36.4 Å². The summed E-state index contributed by atoms with van der Waals surface area (Å²) in [5.41, 5.74) is 1.95. The lowest BCUT2D eigenvalue weighted by molar-refractivity contribution is -0.170. The molecule has 0 amide bonds. The van der Waals surface area contributed by atoms with Gasteiger partial charge in [-0.25, -0.2) is 4.79 Å². The van der Waals surface area contributed by atoms with Gasteiger partial charge in [0.25, 0.3) is 0 Å². The number of carboxylic acids is 3. The van der Waals surface area contributed by atoms with Crippen LogP contribution in [-0.2, 0) is 34.0 Å². The fraction of sp³-hybridized carbons (Fsp3) is 0.320. The number of fused-ring (bicyclic) bond motifs is 1. The minimum Gasteiger partial charge on any atom is -0.481 e. The summed E-state index contributed by atoms with van der Waals surface area (Å²) < 4.78 is 1.94. The zero-order valence-corrected chi connectivity index (χ0v) is 20.2. The van der Waals surface area contributed by atoms with E-state index in [0.717, 1.165) is 30.8 Å². The molecule has 0 saturated carbocycles. The number of aliphatic hydroxyl groups is 1. The molecular formula is C25H30N4O7. The van der Waals surface area contributed by atoms with Crippen LogP contribution in [0.15, 0.2) is 55.4 Å². The average Bonchev–Trinajstić information content (AvgIpc) is 3.12. The largest absolute Gasteiger partial charge is 0.481 e. The number of benzene rings is 1. The van der Waals surface area contributed by atoms with Gasteiger partial charge in [-0.2, -0.15) is 5.10 Å². The van der Waals surface area contributed by atoms with Crippen molar-refractivity contribution < 1.29 is 34.8 Å². The summed E-state index contributed by atoms with van der Waals surface area (Å²) in [5, 5.41) is 39.6. The Bertz CT molecular complexity index is 1220. The SMILES string of the molecule is C=CCn1cc(CN(C)Cc2cccc3ncccc23)c(C)n1.O=C(O)CC(O)(CC(=O)O)C(=O)O. The Morgan fingerprint density at radius 3 is 2.28 bits per heavy atom. The molecule has 0 aliphatic rings. The highest BCUT2D eigenvalue weighted by Gasteiger charge is 2.40. The maximum atomic E-state index is 10.3. The molecule has 11 nitrogen and oxygen atoms in total. The Balaban J connectivity index is 0.000000302. The number of hydrogen-bond donors (Lipinski definition) is 4. The number of carboxylic acid groups (broad SMARTS) is 3. The molecule has 4 N–H and O–H groups in total. The maximum Gasteiger partial charge on any atom is 0.336 e. The second-order valence-corrected chi connectivity index (χ2v) is 8.39. The van der Waals surface area contributed by atoms with E-state index in [-0.39, 0.29) is 0 Å². The lowest BCUT2D eigenvalue weighted by atomic mass is 9.96. The molecule has 0 aliphatic heterocycles. The van der Waals surface area contributed by atoms with E-state index in [4.69, 9.17) is 20.4 Å². The van der Waals surface area contributed by atoms with Crippen LogP contribution in [0, 0.1) is 6.92 Å². The molecule has 0 radical (unpaired) electrons. The first-order chi connectivity index (χ1) is 16.9. The van der Waals surface area contributed by atoms with Gasteiger partial charge < -0.3 is 20.4 Å². The van der Waals surface area contributed by atoms with Crippen LogP contribution in [0.25, 0.3) is 10.9 Å². The second-order valence-electron chi connectivity index (χ2n) is 8.39. The third kappa shape index (κ3) is 8.00. The van der Waals surface area contributed by atoms with Gasteiger partial charge in [0.1, 0.15) is 0 Å². The highest BCUT2D eigenvalue weighted by molar-refractivity contribution is 5.88. The van der Waals surface area contributed by atoms with Crippen molar-refractivity contribution in [3.05, 3.63) is 72.2 Å². The first-order valence-corrected chi connectivity index (χ1v) is 11.0. The molecule has 36 heavy (non-hydrogen) atoms. The van der Waals surface area contributed by atoms with E-state index in [1.165, 1.54) is 16.5 Å². The van der Waals surface area contributed by atoms with Crippen molar-refractivity contribution in [3.8, 4) is 0 Å². The highest BCUT2D eigenvalue weighted by Crippen LogP contribution is 2.19. The molecule has 0 spiro atoms. The van der Waals surface area contributed by atoms with E-state index in [0.29, 0.717) is 0 Å². The summed E-state index contributed by atoms with van der Waals surface area (Å²) in [6.07, 6.45) is 3.53. The third-order valence-electron chi connectivity index (χ3n) is 5.27. The molecule has 192 valence electrons. The Morgan fingerprint density at radius 1 is 1.06 bits per heavy atom. The maximum absolute atomic E-state index is 10.3. The lowest BCUT2D eigenvalue weighted by Crippen LogP contribution is -2.42. The van der Waals surface area contributed by atoms with Crippen LogP contribution < -0.4 is 0 Å². The van der Waals surface area contributed by atoms with Gasteiger partial charge >= 0.3 is 17.9 Å². The van der Waals surface area contributed by atoms with E-state index in [9.17, 15) is 14.4 Å². The van der Waals surface area contributed by atoms with Gasteiger partial charge in [0.15, 0.2) is 5.60 Å². The van der Waals surface area contributed by atoms with Crippen LogP contribution in [0.4, 0.5) is 0 Å². The zero-order valence-electron chi connectivity index (χ0n) is 20.2. The Hall–Kier alpha value is -4.09. The summed E-state index contributed by atoms with van der Waals surface area (Å²) >= 11 is 0. The molecule has 2 aromatic heterocycles. The van der Waals surface area contributed by atoms with Crippen molar-refractivity contribution in [3.63, 3.8) is 0 Å². The van der Waals surface area contributed by atoms with Crippen LogP contribution in [-0.4, -0.2) is 70.6 Å². The summed E-state index contributed by atoms with van der Waals surface area (Å²) in [5.74, 6) is -5.02. The first kappa shape index (κ1) is 28.1. The number of nitrogens with zero attached hydrogens (tertiary/aromatic N) is 4. The van der Waals surface area contributed by atoms with Crippen molar-refractivity contribution in [2.45, 2.75) is 45.0 Å². The van der Waals surface area contributed by atoms with Gasteiger partial charge in [-0.1, -0.05) is 24.3 Å². The molecule has 0 atom stereocenters. The van der Waals surface area contributed by atoms with Crippen molar-refractivity contribution in [2.75, 3.05) is 7.05 Å². The van der Waals surface area contributed by atoms with E-state index >= 15 is 0 Å². The third-order valence-corrected chi connectivity index (χ3v) is 5.27. The summed E-state index contributed by atoms with van der Waals surface area (Å²) in [6.45, 7) is 8.33. The average molecular weight is 499 g/mol. The zero-order chi connectivity index (χ0) is 26.9. The number of rotatable bonds is 11. The van der Waals surface area contributed by atoms with Crippen molar-refractivity contribution in [1.82, 2.24) is 19.7 Å². The number of allylic oxidation sites excluding steroid dienone is 1. The smallest absolute Gasteiger partial charge is 0.336 e. The molecule has 11 heteroatoms. The van der Waals surface area contributed by atoms with Crippen LogP contribution in [0.5, 0.6) is 0 Å². The minimum absolute atomic E-state index is 0.750. The molecule has 3 aromatic rings. The quantitative estimate of drug-likeness (QED) is 0.288. The van der Waals surface area contributed by atoms with Crippen molar-refractivity contribution in [2.24, 2.45) is 0 Å².